The maximum Gasteiger partial charge on any atom is 0.173 e. The molecular weight excluding hydrogens is 152 g/mol. The van der Waals surface area contributed by atoms with Crippen molar-refractivity contribution in [2.45, 2.75) is 0 Å². The number of hydrogen-bond acceptors (Lipinski definition) is 3. The Labute approximate surface area is 71.3 Å². The van der Waals surface area contributed by atoms with Crippen LogP contribution in [0.5, 0.6) is 0 Å². The van der Waals surface area contributed by atoms with E-state index in [4.69, 9.17) is 4.74 Å². The highest BCUT2D eigenvalue weighted by Crippen LogP contribution is 2.13. The van der Waals surface area contributed by atoms with Gasteiger partial charge in [0.25, 0.3) is 0 Å². The smallest absolute Gasteiger partial charge is 0.173 e. The molecule has 0 bridgehead atoms. The number of para-hydroxylation sites is 1. The van der Waals surface area contributed by atoms with Gasteiger partial charge in [0.1, 0.15) is 6.67 Å². The third kappa shape index (κ3) is 1.39. The molecule has 3 heteroatoms. The largest absolute Gasteiger partial charge is 0.463 e. The molecule has 2 rings (SSSR count). The average Bonchev–Trinajstić information content (AvgIpc) is 2.21. The molecule has 0 aromatic heterocycles. The molecule has 0 radical (unpaired) electrons. The number of hydrogen-bond donors (Lipinski definition) is 0. The number of aliphatic imine (C=N–C) groups is 1. The van der Waals surface area contributed by atoms with Crippen molar-refractivity contribution in [1.82, 2.24) is 0 Å². The van der Waals surface area contributed by atoms with Gasteiger partial charge in [-0.25, -0.2) is 4.99 Å². The molecule has 0 atom stereocenters. The van der Waals surface area contributed by atoms with Gasteiger partial charge >= 0.3 is 0 Å². The molecule has 1 aromatic carbocycles. The van der Waals surface area contributed by atoms with Crippen molar-refractivity contribution >= 4 is 12.1 Å². The van der Waals surface area contributed by atoms with Crippen molar-refractivity contribution in [3.8, 4) is 0 Å². The first-order chi connectivity index (χ1) is 5.97. The van der Waals surface area contributed by atoms with Gasteiger partial charge in [-0.3, -0.25) is 0 Å². The lowest BCUT2D eigenvalue weighted by atomic mass is 10.3. The fourth-order valence-electron chi connectivity index (χ4n) is 1.14. The monoisotopic (exact) mass is 162 g/mol. The predicted octanol–water partition coefficient (Wildman–Crippen LogP) is 1.47. The zero-order chi connectivity index (χ0) is 8.23. The molecule has 0 aliphatic carbocycles. The highest BCUT2D eigenvalue weighted by molar-refractivity contribution is 5.52. The summed E-state index contributed by atoms with van der Waals surface area (Å²) in [6.45, 7) is 1.28. The summed E-state index contributed by atoms with van der Waals surface area (Å²) >= 11 is 0. The normalized spacial score (nSPS) is 15.8. The Balaban J connectivity index is 2.15. The number of rotatable bonds is 1. The lowest BCUT2D eigenvalue weighted by Gasteiger charge is -2.24. The predicted molar refractivity (Wildman–Crippen MR) is 48.2 cm³/mol. The van der Waals surface area contributed by atoms with E-state index in [1.54, 1.807) is 0 Å². The van der Waals surface area contributed by atoms with E-state index in [2.05, 4.69) is 9.89 Å². The molecule has 0 saturated carbocycles. The maximum atomic E-state index is 5.07. The summed E-state index contributed by atoms with van der Waals surface area (Å²) in [6, 6.07) is 10.1. The minimum Gasteiger partial charge on any atom is -0.463 e. The van der Waals surface area contributed by atoms with Crippen LogP contribution < -0.4 is 4.90 Å². The third-order valence-electron chi connectivity index (χ3n) is 1.75. The Kier molecular flexibility index (Phi) is 1.94. The van der Waals surface area contributed by atoms with Crippen LogP contribution in [0.4, 0.5) is 5.69 Å². The number of ether oxygens (including phenoxy) is 1. The summed E-state index contributed by atoms with van der Waals surface area (Å²) < 4.78 is 5.07. The van der Waals surface area contributed by atoms with E-state index >= 15 is 0 Å². The molecule has 0 amide bonds. The van der Waals surface area contributed by atoms with Crippen LogP contribution in [-0.2, 0) is 4.74 Å². The van der Waals surface area contributed by atoms with Crippen molar-refractivity contribution in [1.29, 1.82) is 0 Å². The molecule has 62 valence electrons. The van der Waals surface area contributed by atoms with Crippen LogP contribution in [0.2, 0.25) is 0 Å². The second kappa shape index (κ2) is 3.26. The zero-order valence-electron chi connectivity index (χ0n) is 6.68. The fourth-order valence-corrected chi connectivity index (χ4v) is 1.14. The lowest BCUT2D eigenvalue weighted by Crippen LogP contribution is -2.29. The molecule has 1 aliphatic heterocycles. The van der Waals surface area contributed by atoms with Gasteiger partial charge in [0.05, 0.1) is 0 Å². The van der Waals surface area contributed by atoms with E-state index in [0.717, 1.165) is 5.69 Å². The Bertz CT molecular complexity index is 271. The standard InChI is InChI=1S/C9H10N2O/c1-2-4-9(5-3-1)11-6-10-7-12-8-11/h1-5,7H,6,8H2. The van der Waals surface area contributed by atoms with Crippen LogP contribution in [0, 0.1) is 0 Å². The molecule has 0 spiro atoms. The molecule has 0 N–H and O–H groups in total. The molecule has 1 aliphatic rings. The zero-order valence-corrected chi connectivity index (χ0v) is 6.68. The van der Waals surface area contributed by atoms with E-state index < -0.39 is 0 Å². The van der Waals surface area contributed by atoms with Crippen LogP contribution in [0.15, 0.2) is 35.3 Å². The Morgan fingerprint density at radius 2 is 2.08 bits per heavy atom. The minimum atomic E-state index is 0.591. The first-order valence-electron chi connectivity index (χ1n) is 3.87. The summed E-state index contributed by atoms with van der Waals surface area (Å²) in [5.41, 5.74) is 1.15. The topological polar surface area (TPSA) is 24.8 Å². The Morgan fingerprint density at radius 1 is 1.25 bits per heavy atom. The minimum absolute atomic E-state index is 0.591. The van der Waals surface area contributed by atoms with Crippen molar-refractivity contribution in [3.05, 3.63) is 30.3 Å². The second-order valence-electron chi connectivity index (χ2n) is 2.60. The van der Waals surface area contributed by atoms with Crippen LogP contribution in [-0.4, -0.2) is 19.8 Å². The summed E-state index contributed by atoms with van der Waals surface area (Å²) in [6.07, 6.45) is 1.50. The van der Waals surface area contributed by atoms with E-state index in [0.29, 0.717) is 13.4 Å². The van der Waals surface area contributed by atoms with Crippen molar-refractivity contribution < 1.29 is 4.74 Å². The van der Waals surface area contributed by atoms with Crippen LogP contribution >= 0.6 is 0 Å². The highest BCUT2D eigenvalue weighted by Gasteiger charge is 2.06. The molecule has 0 fully saturated rings. The summed E-state index contributed by atoms with van der Waals surface area (Å²) in [7, 11) is 0. The van der Waals surface area contributed by atoms with Crippen molar-refractivity contribution in [2.24, 2.45) is 4.99 Å². The van der Waals surface area contributed by atoms with Gasteiger partial charge in [-0.2, -0.15) is 0 Å². The number of nitrogens with zero attached hydrogens (tertiary/aromatic N) is 2. The highest BCUT2D eigenvalue weighted by atomic mass is 16.5. The molecule has 1 heterocycles. The van der Waals surface area contributed by atoms with Gasteiger partial charge < -0.3 is 9.64 Å². The lowest BCUT2D eigenvalue weighted by molar-refractivity contribution is 0.299. The molecule has 3 nitrogen and oxygen atoms in total. The number of benzene rings is 1. The molecule has 0 saturated heterocycles. The third-order valence-corrected chi connectivity index (χ3v) is 1.75. The molecule has 12 heavy (non-hydrogen) atoms. The molecule has 1 aromatic rings. The summed E-state index contributed by atoms with van der Waals surface area (Å²) in [4.78, 5) is 6.07. The van der Waals surface area contributed by atoms with Gasteiger partial charge in [-0.1, -0.05) is 18.2 Å². The van der Waals surface area contributed by atoms with Crippen molar-refractivity contribution in [3.63, 3.8) is 0 Å². The van der Waals surface area contributed by atoms with Crippen LogP contribution in [0.3, 0.4) is 0 Å². The second-order valence-corrected chi connectivity index (χ2v) is 2.60. The fraction of sp³-hybridized carbons (Fsp3) is 0.222. The van der Waals surface area contributed by atoms with E-state index in [1.807, 2.05) is 30.3 Å². The Morgan fingerprint density at radius 3 is 2.75 bits per heavy atom. The van der Waals surface area contributed by atoms with Gasteiger partial charge in [0.2, 0.25) is 0 Å². The van der Waals surface area contributed by atoms with Crippen LogP contribution in [0.25, 0.3) is 0 Å². The average molecular weight is 162 g/mol. The summed E-state index contributed by atoms with van der Waals surface area (Å²) in [5.74, 6) is 0. The quantitative estimate of drug-likeness (QED) is 0.624. The number of anilines is 1. The van der Waals surface area contributed by atoms with E-state index in [-0.39, 0.29) is 0 Å². The maximum absolute atomic E-state index is 5.07. The van der Waals surface area contributed by atoms with Crippen LogP contribution in [0.1, 0.15) is 0 Å². The van der Waals surface area contributed by atoms with Gasteiger partial charge in [0, 0.05) is 5.69 Å². The molecular formula is C9H10N2O. The first kappa shape index (κ1) is 7.16. The SMILES string of the molecule is C1=NCN(c2ccccc2)CO1. The van der Waals surface area contributed by atoms with Gasteiger partial charge in [-0.05, 0) is 12.1 Å². The van der Waals surface area contributed by atoms with Crippen molar-refractivity contribution in [2.75, 3.05) is 18.3 Å². The first-order valence-corrected chi connectivity index (χ1v) is 3.87. The van der Waals surface area contributed by atoms with E-state index in [1.165, 1.54) is 6.40 Å². The van der Waals surface area contributed by atoms with Gasteiger partial charge in [0.15, 0.2) is 13.1 Å². The van der Waals surface area contributed by atoms with Gasteiger partial charge in [-0.15, -0.1) is 0 Å². The summed E-state index contributed by atoms with van der Waals surface area (Å²) in [5, 5.41) is 0. The molecule has 0 unspecified atom stereocenters. The van der Waals surface area contributed by atoms with E-state index in [9.17, 15) is 0 Å². The Hall–Kier alpha value is -1.51.